The van der Waals surface area contributed by atoms with E-state index in [0.29, 0.717) is 12.5 Å². The zero-order valence-electron chi connectivity index (χ0n) is 10.9. The Morgan fingerprint density at radius 1 is 1.37 bits per heavy atom. The van der Waals surface area contributed by atoms with E-state index in [-0.39, 0.29) is 23.1 Å². The highest BCUT2D eigenvalue weighted by molar-refractivity contribution is 5.97. The maximum Gasteiger partial charge on any atom is 0.170 e. The van der Waals surface area contributed by atoms with Crippen LogP contribution in [0, 0.1) is 17.6 Å². The summed E-state index contributed by atoms with van der Waals surface area (Å²) >= 11 is 0. The van der Waals surface area contributed by atoms with Gasteiger partial charge in [0.1, 0.15) is 17.3 Å². The summed E-state index contributed by atoms with van der Waals surface area (Å²) < 4.78 is 28.2. The molecule has 1 aliphatic heterocycles. The first kappa shape index (κ1) is 13.6. The summed E-state index contributed by atoms with van der Waals surface area (Å²) in [6.07, 6.45) is 0.904. The molecule has 2 atom stereocenters. The van der Waals surface area contributed by atoms with E-state index in [1.165, 1.54) is 0 Å². The highest BCUT2D eigenvalue weighted by atomic mass is 19.1. The molecule has 0 aromatic heterocycles. The van der Waals surface area contributed by atoms with Crippen LogP contribution in [0.2, 0.25) is 0 Å². The molecule has 6 heteroatoms. The van der Waals surface area contributed by atoms with E-state index in [4.69, 9.17) is 10.9 Å². The van der Waals surface area contributed by atoms with Crippen molar-refractivity contribution in [3.63, 3.8) is 0 Å². The molecule has 3 N–H and O–H groups in total. The molecule has 1 aromatic carbocycles. The lowest BCUT2D eigenvalue weighted by Crippen LogP contribution is -2.29. The van der Waals surface area contributed by atoms with Crippen LogP contribution in [0.4, 0.5) is 14.5 Å². The largest absolute Gasteiger partial charge is 0.409 e. The van der Waals surface area contributed by atoms with Crippen molar-refractivity contribution in [2.24, 2.45) is 16.8 Å². The van der Waals surface area contributed by atoms with Crippen LogP contribution in [-0.2, 0) is 0 Å². The summed E-state index contributed by atoms with van der Waals surface area (Å²) in [6, 6.07) is 2.26. The Morgan fingerprint density at radius 3 is 2.37 bits per heavy atom. The molecule has 19 heavy (non-hydrogen) atoms. The Bertz CT molecular complexity index is 496. The van der Waals surface area contributed by atoms with Gasteiger partial charge in [0.2, 0.25) is 0 Å². The third kappa shape index (κ3) is 2.47. The van der Waals surface area contributed by atoms with Crippen LogP contribution in [0.15, 0.2) is 17.3 Å². The monoisotopic (exact) mass is 269 g/mol. The van der Waals surface area contributed by atoms with Gasteiger partial charge in [-0.15, -0.1) is 0 Å². The molecule has 0 amide bonds. The highest BCUT2D eigenvalue weighted by Crippen LogP contribution is 2.33. The molecular weight excluding hydrogens is 252 g/mol. The standard InChI is InChI=1S/C13H17F2N3O/c1-7-3-8(2)18(6-7)12-10(14)4-9(5-11(12)15)13(16)17-19/h4-5,7-8,19H,3,6H2,1-2H3,(H2,16,17). The third-order valence-corrected chi connectivity index (χ3v) is 3.49. The van der Waals surface area contributed by atoms with Gasteiger partial charge in [0.25, 0.3) is 0 Å². The fourth-order valence-corrected chi connectivity index (χ4v) is 2.66. The van der Waals surface area contributed by atoms with Gasteiger partial charge >= 0.3 is 0 Å². The van der Waals surface area contributed by atoms with Gasteiger partial charge in [-0.3, -0.25) is 0 Å². The van der Waals surface area contributed by atoms with E-state index >= 15 is 0 Å². The molecule has 1 fully saturated rings. The van der Waals surface area contributed by atoms with Crippen molar-refractivity contribution >= 4 is 11.5 Å². The molecule has 0 spiro atoms. The smallest absolute Gasteiger partial charge is 0.170 e. The second-order valence-corrected chi connectivity index (χ2v) is 5.12. The number of halogens is 2. The minimum Gasteiger partial charge on any atom is -0.409 e. The van der Waals surface area contributed by atoms with Crippen molar-refractivity contribution in [2.45, 2.75) is 26.3 Å². The normalized spacial score (nSPS) is 24.0. The number of hydrogen-bond acceptors (Lipinski definition) is 3. The van der Waals surface area contributed by atoms with Crippen LogP contribution in [0.5, 0.6) is 0 Å². The first-order valence-electron chi connectivity index (χ1n) is 6.17. The molecule has 104 valence electrons. The number of rotatable bonds is 2. The lowest BCUT2D eigenvalue weighted by molar-refractivity contribution is 0.318. The minimum atomic E-state index is -0.692. The zero-order chi connectivity index (χ0) is 14.2. The van der Waals surface area contributed by atoms with Gasteiger partial charge in [-0.1, -0.05) is 12.1 Å². The summed E-state index contributed by atoms with van der Waals surface area (Å²) in [6.45, 7) is 4.62. The summed E-state index contributed by atoms with van der Waals surface area (Å²) in [5.41, 5.74) is 5.33. The summed E-state index contributed by atoms with van der Waals surface area (Å²) in [5.74, 6) is -1.30. The Labute approximate surface area is 110 Å². The number of hydrogen-bond donors (Lipinski definition) is 2. The summed E-state index contributed by atoms with van der Waals surface area (Å²) in [5, 5.41) is 11.3. The van der Waals surface area contributed by atoms with Gasteiger partial charge in [0.15, 0.2) is 5.84 Å². The van der Waals surface area contributed by atoms with Crippen LogP contribution >= 0.6 is 0 Å². The molecular formula is C13H17F2N3O. The topological polar surface area (TPSA) is 61.8 Å². The molecule has 0 bridgehead atoms. The Morgan fingerprint density at radius 2 is 1.95 bits per heavy atom. The maximum absolute atomic E-state index is 14.1. The number of oxime groups is 1. The van der Waals surface area contributed by atoms with Crippen molar-refractivity contribution in [1.82, 2.24) is 0 Å². The van der Waals surface area contributed by atoms with E-state index < -0.39 is 11.6 Å². The maximum atomic E-state index is 14.1. The molecule has 1 aromatic rings. The van der Waals surface area contributed by atoms with Crippen molar-refractivity contribution in [2.75, 3.05) is 11.4 Å². The van der Waals surface area contributed by atoms with Gasteiger partial charge in [-0.25, -0.2) is 8.78 Å². The average molecular weight is 269 g/mol. The van der Waals surface area contributed by atoms with Crippen molar-refractivity contribution in [3.05, 3.63) is 29.3 Å². The van der Waals surface area contributed by atoms with E-state index in [2.05, 4.69) is 12.1 Å². The second kappa shape index (κ2) is 5.03. The molecule has 2 rings (SSSR count). The SMILES string of the molecule is CC1CC(C)N(c2c(F)cc(C(N)=NO)cc2F)C1. The lowest BCUT2D eigenvalue weighted by Gasteiger charge is -2.25. The molecule has 2 unspecified atom stereocenters. The number of nitrogens with two attached hydrogens (primary N) is 1. The predicted octanol–water partition coefficient (Wildman–Crippen LogP) is 2.29. The molecule has 0 radical (unpaired) electrons. The van der Waals surface area contributed by atoms with Gasteiger partial charge in [0, 0.05) is 18.2 Å². The molecule has 1 aliphatic rings. The number of benzene rings is 1. The van der Waals surface area contributed by atoms with E-state index in [1.807, 2.05) is 6.92 Å². The average Bonchev–Trinajstić information content (AvgIpc) is 2.66. The van der Waals surface area contributed by atoms with Crippen LogP contribution in [0.1, 0.15) is 25.8 Å². The Balaban J connectivity index is 2.43. The second-order valence-electron chi connectivity index (χ2n) is 5.12. The molecule has 0 aliphatic carbocycles. The van der Waals surface area contributed by atoms with E-state index in [1.54, 1.807) is 4.90 Å². The number of anilines is 1. The summed E-state index contributed by atoms with van der Waals surface area (Å²) in [7, 11) is 0. The van der Waals surface area contributed by atoms with Gasteiger partial charge < -0.3 is 15.8 Å². The van der Waals surface area contributed by atoms with E-state index in [0.717, 1.165) is 18.6 Å². The lowest BCUT2D eigenvalue weighted by atomic mass is 10.1. The zero-order valence-corrected chi connectivity index (χ0v) is 10.9. The highest BCUT2D eigenvalue weighted by Gasteiger charge is 2.30. The number of nitrogens with zero attached hydrogens (tertiary/aromatic N) is 2. The predicted molar refractivity (Wildman–Crippen MR) is 69.5 cm³/mol. The van der Waals surface area contributed by atoms with E-state index in [9.17, 15) is 8.78 Å². The summed E-state index contributed by atoms with van der Waals surface area (Å²) in [4.78, 5) is 1.73. The van der Waals surface area contributed by atoms with Crippen molar-refractivity contribution in [1.29, 1.82) is 0 Å². The van der Waals surface area contributed by atoms with Gasteiger partial charge in [-0.05, 0) is 31.4 Å². The van der Waals surface area contributed by atoms with Crippen LogP contribution in [0.3, 0.4) is 0 Å². The molecule has 1 heterocycles. The molecule has 4 nitrogen and oxygen atoms in total. The number of amidine groups is 1. The fourth-order valence-electron chi connectivity index (χ4n) is 2.66. The fraction of sp³-hybridized carbons (Fsp3) is 0.462. The van der Waals surface area contributed by atoms with Gasteiger partial charge in [0.05, 0.1) is 0 Å². The van der Waals surface area contributed by atoms with Crippen molar-refractivity contribution < 1.29 is 14.0 Å². The Kier molecular flexibility index (Phi) is 3.59. The molecule has 1 saturated heterocycles. The van der Waals surface area contributed by atoms with Gasteiger partial charge in [-0.2, -0.15) is 0 Å². The first-order chi connectivity index (χ1) is 8.93. The Hall–Kier alpha value is -1.85. The van der Waals surface area contributed by atoms with Crippen LogP contribution < -0.4 is 10.6 Å². The quantitative estimate of drug-likeness (QED) is 0.375. The van der Waals surface area contributed by atoms with Crippen molar-refractivity contribution in [3.8, 4) is 0 Å². The first-order valence-corrected chi connectivity index (χ1v) is 6.17. The van der Waals surface area contributed by atoms with Crippen LogP contribution in [0.25, 0.3) is 0 Å². The molecule has 0 saturated carbocycles. The van der Waals surface area contributed by atoms with Crippen LogP contribution in [-0.4, -0.2) is 23.6 Å². The third-order valence-electron chi connectivity index (χ3n) is 3.49. The minimum absolute atomic E-state index is 0.0288.